The first-order valence-electron chi connectivity index (χ1n) is 6.01. The molecule has 6 heteroatoms. The van der Waals surface area contributed by atoms with E-state index in [0.29, 0.717) is 5.39 Å². The summed E-state index contributed by atoms with van der Waals surface area (Å²) in [6, 6.07) is 10.9. The van der Waals surface area contributed by atoms with Crippen LogP contribution in [0.1, 0.15) is 5.56 Å². The lowest BCUT2D eigenvalue weighted by Crippen LogP contribution is -2.14. The van der Waals surface area contributed by atoms with Crippen molar-refractivity contribution >= 4 is 17.1 Å². The molecule has 0 spiro atoms. The van der Waals surface area contributed by atoms with Crippen LogP contribution in [0.15, 0.2) is 53.7 Å². The molecule has 0 unspecified atom stereocenters. The van der Waals surface area contributed by atoms with Crippen molar-refractivity contribution in [2.45, 2.75) is 6.61 Å². The van der Waals surface area contributed by atoms with E-state index >= 15 is 0 Å². The summed E-state index contributed by atoms with van der Waals surface area (Å²) in [5.74, 6) is 0. The first-order chi connectivity index (χ1) is 9.75. The maximum Gasteiger partial charge on any atom is 0.420 e. The van der Waals surface area contributed by atoms with Crippen LogP contribution >= 0.6 is 0 Å². The van der Waals surface area contributed by atoms with Gasteiger partial charge in [0, 0.05) is 6.20 Å². The fraction of sp³-hybridized carbons (Fsp3) is 0.0714. The van der Waals surface area contributed by atoms with Crippen LogP contribution in [0.5, 0.6) is 0 Å². The van der Waals surface area contributed by atoms with Crippen LogP contribution in [0.3, 0.4) is 0 Å². The minimum atomic E-state index is -0.568. The molecule has 0 atom stereocenters. The van der Waals surface area contributed by atoms with Crippen LogP contribution in [0.25, 0.3) is 11.0 Å². The van der Waals surface area contributed by atoms with Gasteiger partial charge in [0.05, 0.1) is 11.7 Å². The molecule has 3 aromatic rings. The van der Waals surface area contributed by atoms with E-state index in [-0.39, 0.29) is 17.8 Å². The summed E-state index contributed by atoms with van der Waals surface area (Å²) in [4.78, 5) is 30.0. The number of fused-ring (bicyclic) bond motifs is 1. The second-order valence-corrected chi connectivity index (χ2v) is 4.19. The number of hydrogen-bond acceptors (Lipinski definition) is 4. The van der Waals surface area contributed by atoms with Gasteiger partial charge in [0.25, 0.3) is 5.56 Å². The van der Waals surface area contributed by atoms with E-state index < -0.39 is 6.09 Å². The highest BCUT2D eigenvalue weighted by molar-refractivity contribution is 5.86. The second-order valence-electron chi connectivity index (χ2n) is 4.19. The molecule has 0 saturated carbocycles. The van der Waals surface area contributed by atoms with Gasteiger partial charge < -0.3 is 9.72 Å². The monoisotopic (exact) mass is 269 g/mol. The SMILES string of the molecule is O=C(OCc1ccccc1)n1ccc2c(=O)[nH]cnc21. The molecule has 0 aliphatic rings. The van der Waals surface area contributed by atoms with E-state index in [1.54, 1.807) is 0 Å². The Bertz CT molecular complexity index is 805. The summed E-state index contributed by atoms with van der Waals surface area (Å²) in [7, 11) is 0. The van der Waals surface area contributed by atoms with E-state index in [1.165, 1.54) is 23.2 Å². The van der Waals surface area contributed by atoms with Gasteiger partial charge in [0.2, 0.25) is 0 Å². The Kier molecular flexibility index (Phi) is 3.04. The number of ether oxygens (including phenoxy) is 1. The summed E-state index contributed by atoms with van der Waals surface area (Å²) < 4.78 is 6.41. The van der Waals surface area contributed by atoms with E-state index in [4.69, 9.17) is 4.74 Å². The van der Waals surface area contributed by atoms with Gasteiger partial charge in [-0.1, -0.05) is 30.3 Å². The molecule has 0 aliphatic carbocycles. The number of carbonyl (C=O) groups excluding carboxylic acids is 1. The first kappa shape index (κ1) is 12.2. The van der Waals surface area contributed by atoms with Crippen molar-refractivity contribution in [3.63, 3.8) is 0 Å². The molecule has 0 aliphatic heterocycles. The fourth-order valence-corrected chi connectivity index (χ4v) is 1.90. The summed E-state index contributed by atoms with van der Waals surface area (Å²) >= 11 is 0. The van der Waals surface area contributed by atoms with Gasteiger partial charge in [-0.2, -0.15) is 0 Å². The van der Waals surface area contributed by atoms with Crippen LogP contribution in [0.2, 0.25) is 0 Å². The van der Waals surface area contributed by atoms with E-state index in [1.807, 2.05) is 30.3 Å². The number of benzene rings is 1. The van der Waals surface area contributed by atoms with Gasteiger partial charge in [-0.05, 0) is 11.6 Å². The van der Waals surface area contributed by atoms with Crippen molar-refractivity contribution in [3.8, 4) is 0 Å². The Morgan fingerprint density at radius 3 is 2.85 bits per heavy atom. The summed E-state index contributed by atoms with van der Waals surface area (Å²) in [5.41, 5.74) is 0.888. The fourth-order valence-electron chi connectivity index (χ4n) is 1.90. The topological polar surface area (TPSA) is 77.0 Å². The quantitative estimate of drug-likeness (QED) is 0.771. The summed E-state index contributed by atoms with van der Waals surface area (Å²) in [6.45, 7) is 0.169. The molecule has 2 aromatic heterocycles. The molecular formula is C14H11N3O3. The van der Waals surface area contributed by atoms with Crippen LogP contribution in [0.4, 0.5) is 4.79 Å². The lowest BCUT2D eigenvalue weighted by molar-refractivity contribution is 0.142. The molecule has 20 heavy (non-hydrogen) atoms. The largest absolute Gasteiger partial charge is 0.444 e. The van der Waals surface area contributed by atoms with Gasteiger partial charge in [-0.15, -0.1) is 0 Å². The molecule has 0 radical (unpaired) electrons. The van der Waals surface area contributed by atoms with Crippen molar-refractivity contribution in [1.82, 2.24) is 14.5 Å². The summed E-state index contributed by atoms with van der Waals surface area (Å²) in [6.07, 6.45) is 2.16. The minimum absolute atomic E-state index is 0.169. The number of nitrogens with zero attached hydrogens (tertiary/aromatic N) is 2. The van der Waals surface area contributed by atoms with Crippen LogP contribution in [-0.4, -0.2) is 20.6 Å². The zero-order valence-electron chi connectivity index (χ0n) is 10.4. The number of H-pyrrole nitrogens is 1. The number of carbonyl (C=O) groups is 1. The van der Waals surface area contributed by atoms with Gasteiger partial charge in [-0.3, -0.25) is 4.79 Å². The molecule has 3 rings (SSSR count). The first-order valence-corrected chi connectivity index (χ1v) is 6.01. The van der Waals surface area contributed by atoms with E-state index in [9.17, 15) is 9.59 Å². The minimum Gasteiger partial charge on any atom is -0.444 e. The third kappa shape index (κ3) is 2.18. The van der Waals surface area contributed by atoms with Gasteiger partial charge in [-0.25, -0.2) is 14.3 Å². The van der Waals surface area contributed by atoms with Crippen LogP contribution in [-0.2, 0) is 11.3 Å². The zero-order valence-corrected chi connectivity index (χ0v) is 10.4. The third-order valence-electron chi connectivity index (χ3n) is 2.89. The number of nitrogens with one attached hydrogen (secondary N) is 1. The normalized spacial score (nSPS) is 10.6. The van der Waals surface area contributed by atoms with Crippen molar-refractivity contribution in [1.29, 1.82) is 0 Å². The van der Waals surface area contributed by atoms with Gasteiger partial charge >= 0.3 is 6.09 Å². The van der Waals surface area contributed by atoms with Crippen LogP contribution in [0, 0.1) is 0 Å². The Morgan fingerprint density at radius 1 is 1.25 bits per heavy atom. The molecule has 100 valence electrons. The van der Waals surface area contributed by atoms with Crippen molar-refractivity contribution < 1.29 is 9.53 Å². The van der Waals surface area contributed by atoms with Gasteiger partial charge in [0.15, 0.2) is 5.65 Å². The maximum absolute atomic E-state index is 12.0. The molecule has 0 bridgehead atoms. The predicted molar refractivity (Wildman–Crippen MR) is 72.4 cm³/mol. The average molecular weight is 269 g/mol. The van der Waals surface area contributed by atoms with Gasteiger partial charge in [0.1, 0.15) is 6.61 Å². The Balaban J connectivity index is 1.83. The van der Waals surface area contributed by atoms with E-state index in [2.05, 4.69) is 9.97 Å². The molecular weight excluding hydrogens is 258 g/mol. The smallest absolute Gasteiger partial charge is 0.420 e. The van der Waals surface area contributed by atoms with Crippen molar-refractivity contribution in [2.75, 3.05) is 0 Å². The van der Waals surface area contributed by atoms with Crippen LogP contribution < -0.4 is 5.56 Å². The predicted octanol–water partition coefficient (Wildman–Crippen LogP) is 1.91. The molecule has 0 amide bonds. The third-order valence-corrected chi connectivity index (χ3v) is 2.89. The number of aromatic amines is 1. The van der Waals surface area contributed by atoms with E-state index in [0.717, 1.165) is 5.56 Å². The number of aromatic nitrogens is 3. The highest BCUT2D eigenvalue weighted by Gasteiger charge is 2.12. The lowest BCUT2D eigenvalue weighted by atomic mass is 10.2. The molecule has 0 saturated heterocycles. The summed E-state index contributed by atoms with van der Waals surface area (Å²) in [5, 5.41) is 0.351. The second kappa shape index (κ2) is 5.00. The maximum atomic E-state index is 12.0. The molecule has 6 nitrogen and oxygen atoms in total. The highest BCUT2D eigenvalue weighted by Crippen LogP contribution is 2.09. The lowest BCUT2D eigenvalue weighted by Gasteiger charge is -2.05. The Labute approximate surface area is 113 Å². The average Bonchev–Trinajstić information content (AvgIpc) is 2.91. The highest BCUT2D eigenvalue weighted by atomic mass is 16.5. The Morgan fingerprint density at radius 2 is 2.05 bits per heavy atom. The number of rotatable bonds is 2. The standard InChI is InChI=1S/C14H11N3O3/c18-13-11-6-7-17(12(11)15-9-16-13)14(19)20-8-10-4-2-1-3-5-10/h1-7,9H,8H2,(H,15,16,18). The number of hydrogen-bond donors (Lipinski definition) is 1. The zero-order chi connectivity index (χ0) is 13.9. The molecule has 2 heterocycles. The van der Waals surface area contributed by atoms with Crippen molar-refractivity contribution in [3.05, 3.63) is 64.8 Å². The Hall–Kier alpha value is -2.89. The molecule has 0 fully saturated rings. The van der Waals surface area contributed by atoms with Crippen molar-refractivity contribution in [2.24, 2.45) is 0 Å². The molecule has 1 N–H and O–H groups in total. The molecule has 1 aromatic carbocycles.